The Morgan fingerprint density at radius 1 is 0.974 bits per heavy atom. The van der Waals surface area contributed by atoms with E-state index in [4.69, 9.17) is 45.7 Å². The summed E-state index contributed by atoms with van der Waals surface area (Å²) in [5.74, 6) is -1.18. The van der Waals surface area contributed by atoms with Gasteiger partial charge in [0.2, 0.25) is 0 Å². The van der Waals surface area contributed by atoms with E-state index in [1.807, 2.05) is 0 Å². The zero-order chi connectivity index (χ0) is 28.9. The number of hydroxylamine groups is 1. The maximum Gasteiger partial charge on any atom is 0.419 e. The predicted molar refractivity (Wildman–Crippen MR) is 146 cm³/mol. The molecule has 0 radical (unpaired) electrons. The minimum Gasteiger partial charge on any atom is -0.424 e. The second-order valence-corrected chi connectivity index (χ2v) is 8.91. The van der Waals surface area contributed by atoms with Crippen molar-refractivity contribution in [3.63, 3.8) is 0 Å². The number of carbonyl (C=O) groups excluding carboxylic acids is 1. The molecule has 0 aliphatic rings. The van der Waals surface area contributed by atoms with Crippen molar-refractivity contribution in [2.24, 2.45) is 0 Å². The SMILES string of the molecule is Cc1nc2ccc(Cl)cc2c(=O)n1O.Nc1ccc(Cl)cc1C(=O)NO.O=c1[nH]c2ccc(Cl)cc2c(=O)o1. The molecule has 12 nitrogen and oxygen atoms in total. The van der Waals surface area contributed by atoms with E-state index in [1.54, 1.807) is 37.3 Å². The molecule has 1 amide bonds. The van der Waals surface area contributed by atoms with Gasteiger partial charge in [0, 0.05) is 20.8 Å². The van der Waals surface area contributed by atoms with Gasteiger partial charge in [0.25, 0.3) is 11.5 Å². The van der Waals surface area contributed by atoms with Gasteiger partial charge in [-0.05, 0) is 61.5 Å². The summed E-state index contributed by atoms with van der Waals surface area (Å²) in [6.07, 6.45) is 0. The molecular formula is C24H18Cl3N5O7. The lowest BCUT2D eigenvalue weighted by atomic mass is 10.2. The molecule has 2 heterocycles. The Labute approximate surface area is 232 Å². The topological polar surface area (TPSA) is 194 Å². The Balaban J connectivity index is 0.000000162. The van der Waals surface area contributed by atoms with Crippen LogP contribution < -0.4 is 28.2 Å². The molecule has 3 aromatic carbocycles. The molecule has 5 aromatic rings. The molecule has 0 atom stereocenters. The molecule has 5 rings (SSSR count). The number of aromatic amines is 1. The number of aryl methyl sites for hydroxylation is 1. The fourth-order valence-corrected chi connectivity index (χ4v) is 3.63. The minimum atomic E-state index is -0.764. The van der Waals surface area contributed by atoms with Crippen molar-refractivity contribution >= 4 is 68.2 Å². The number of nitrogen functional groups attached to an aromatic ring is 1. The Morgan fingerprint density at radius 2 is 1.56 bits per heavy atom. The quantitative estimate of drug-likeness (QED) is 0.0831. The van der Waals surface area contributed by atoms with Gasteiger partial charge >= 0.3 is 11.4 Å². The molecule has 0 bridgehead atoms. The number of fused-ring (bicyclic) bond motifs is 2. The molecule has 6 N–H and O–H groups in total. The number of benzene rings is 3. The number of amides is 1. The molecular weight excluding hydrogens is 577 g/mol. The van der Waals surface area contributed by atoms with Crippen LogP contribution in [0.1, 0.15) is 16.2 Å². The summed E-state index contributed by atoms with van der Waals surface area (Å²) in [6.45, 7) is 1.55. The molecule has 0 unspecified atom stereocenters. The zero-order valence-corrected chi connectivity index (χ0v) is 22.0. The van der Waals surface area contributed by atoms with Crippen LogP contribution in [-0.2, 0) is 0 Å². The number of halogens is 3. The maximum absolute atomic E-state index is 11.5. The molecule has 15 heteroatoms. The summed E-state index contributed by atoms with van der Waals surface area (Å²) >= 11 is 17.0. The van der Waals surface area contributed by atoms with Crippen LogP contribution in [-0.4, -0.2) is 31.0 Å². The molecule has 0 fully saturated rings. The van der Waals surface area contributed by atoms with Gasteiger partial charge in [0.05, 0.1) is 27.4 Å². The van der Waals surface area contributed by atoms with Crippen LogP contribution in [0.3, 0.4) is 0 Å². The predicted octanol–water partition coefficient (Wildman–Crippen LogP) is 3.77. The van der Waals surface area contributed by atoms with Crippen molar-refractivity contribution in [3.05, 3.63) is 112 Å². The van der Waals surface area contributed by atoms with Gasteiger partial charge < -0.3 is 15.4 Å². The van der Waals surface area contributed by atoms with Crippen molar-refractivity contribution in [1.82, 2.24) is 20.2 Å². The highest BCUT2D eigenvalue weighted by Gasteiger charge is 2.08. The first-order chi connectivity index (χ1) is 18.4. The Bertz CT molecular complexity index is 1870. The Morgan fingerprint density at radius 3 is 2.23 bits per heavy atom. The lowest BCUT2D eigenvalue weighted by molar-refractivity contribution is 0.0707. The lowest BCUT2D eigenvalue weighted by Crippen LogP contribution is -2.21. The van der Waals surface area contributed by atoms with Crippen molar-refractivity contribution in [2.75, 3.05) is 5.73 Å². The number of hydrogen-bond acceptors (Lipinski definition) is 9. The van der Waals surface area contributed by atoms with Crippen LogP contribution in [0.4, 0.5) is 5.69 Å². The molecule has 0 spiro atoms. The first-order valence-corrected chi connectivity index (χ1v) is 11.7. The normalized spacial score (nSPS) is 10.3. The largest absolute Gasteiger partial charge is 0.424 e. The summed E-state index contributed by atoms with van der Waals surface area (Å²) in [5.41, 5.74) is 7.10. The van der Waals surface area contributed by atoms with Crippen LogP contribution >= 0.6 is 34.8 Å². The van der Waals surface area contributed by atoms with Gasteiger partial charge in [-0.15, -0.1) is 4.73 Å². The van der Waals surface area contributed by atoms with Crippen LogP contribution in [0.5, 0.6) is 0 Å². The lowest BCUT2D eigenvalue weighted by Gasteiger charge is -2.03. The van der Waals surface area contributed by atoms with Crippen molar-refractivity contribution in [1.29, 1.82) is 0 Å². The van der Waals surface area contributed by atoms with Crippen LogP contribution in [0.15, 0.2) is 73.4 Å². The number of rotatable bonds is 1. The van der Waals surface area contributed by atoms with E-state index in [2.05, 4.69) is 14.4 Å². The van der Waals surface area contributed by atoms with E-state index in [-0.39, 0.29) is 22.5 Å². The highest BCUT2D eigenvalue weighted by Crippen LogP contribution is 2.17. The van der Waals surface area contributed by atoms with E-state index < -0.39 is 22.8 Å². The average molecular weight is 595 g/mol. The molecule has 0 saturated heterocycles. The summed E-state index contributed by atoms with van der Waals surface area (Å²) in [7, 11) is 0. The summed E-state index contributed by atoms with van der Waals surface area (Å²) in [6, 6.07) is 13.8. The van der Waals surface area contributed by atoms with E-state index in [0.717, 1.165) is 0 Å². The number of anilines is 1. The minimum absolute atomic E-state index is 0.157. The molecule has 202 valence electrons. The third kappa shape index (κ3) is 7.15. The molecule has 0 saturated carbocycles. The third-order valence-electron chi connectivity index (χ3n) is 4.96. The van der Waals surface area contributed by atoms with E-state index in [0.29, 0.717) is 36.2 Å². The van der Waals surface area contributed by atoms with Gasteiger partial charge in [-0.2, -0.15) is 0 Å². The maximum atomic E-state index is 11.5. The van der Waals surface area contributed by atoms with Crippen molar-refractivity contribution in [3.8, 4) is 0 Å². The number of nitrogens with two attached hydrogens (primary N) is 1. The smallest absolute Gasteiger partial charge is 0.419 e. The number of carbonyl (C=O) groups is 1. The fourth-order valence-electron chi connectivity index (χ4n) is 3.11. The van der Waals surface area contributed by atoms with Crippen LogP contribution in [0.25, 0.3) is 21.8 Å². The number of hydrogen-bond donors (Lipinski definition) is 5. The Hall–Kier alpha value is -4.36. The highest BCUT2D eigenvalue weighted by atomic mass is 35.5. The van der Waals surface area contributed by atoms with Gasteiger partial charge in [0.15, 0.2) is 0 Å². The van der Waals surface area contributed by atoms with E-state index in [1.165, 1.54) is 29.7 Å². The second kappa shape index (κ2) is 12.5. The van der Waals surface area contributed by atoms with Crippen LogP contribution in [0, 0.1) is 6.92 Å². The van der Waals surface area contributed by atoms with Crippen molar-refractivity contribution < 1.29 is 19.6 Å². The van der Waals surface area contributed by atoms with Gasteiger partial charge in [-0.1, -0.05) is 34.8 Å². The monoisotopic (exact) mass is 593 g/mol. The van der Waals surface area contributed by atoms with Crippen LogP contribution in [0.2, 0.25) is 15.1 Å². The van der Waals surface area contributed by atoms with E-state index in [9.17, 15) is 24.4 Å². The molecule has 39 heavy (non-hydrogen) atoms. The zero-order valence-electron chi connectivity index (χ0n) is 19.7. The van der Waals surface area contributed by atoms with Crippen molar-refractivity contribution in [2.45, 2.75) is 6.92 Å². The number of H-pyrrole nitrogens is 1. The van der Waals surface area contributed by atoms with Gasteiger partial charge in [-0.3, -0.25) is 19.8 Å². The molecule has 2 aromatic heterocycles. The molecule has 0 aliphatic heterocycles. The highest BCUT2D eigenvalue weighted by molar-refractivity contribution is 6.31. The first-order valence-electron chi connectivity index (χ1n) is 10.6. The second-order valence-electron chi connectivity index (χ2n) is 7.60. The van der Waals surface area contributed by atoms with Gasteiger partial charge in [0.1, 0.15) is 5.82 Å². The third-order valence-corrected chi connectivity index (χ3v) is 5.66. The number of nitrogens with zero attached hydrogens (tertiary/aromatic N) is 2. The average Bonchev–Trinajstić information content (AvgIpc) is 2.90. The fraction of sp³-hybridized carbons (Fsp3) is 0.0417. The molecule has 0 aliphatic carbocycles. The summed E-state index contributed by atoms with van der Waals surface area (Å²) < 4.78 is 4.83. The summed E-state index contributed by atoms with van der Waals surface area (Å²) in [4.78, 5) is 50.7. The summed E-state index contributed by atoms with van der Waals surface area (Å²) in [5, 5.41) is 19.4. The Kier molecular flexibility index (Phi) is 9.33. The first kappa shape index (κ1) is 29.2. The standard InChI is InChI=1S/C9H7ClN2O2.C8H4ClNO3.C7H7ClN2O2/c1-5-11-8-3-2-6(10)4-7(8)9(13)12(5)14;9-4-1-2-6-5(3-4)7(11)13-8(12)10-6;8-4-1-2-6(9)5(3-4)7(11)10-12/h2-4,14H,1H3;1-3H,(H,10,12);1-3,12H,9H2,(H,10,11). The number of nitrogens with one attached hydrogen (secondary N) is 2. The number of aromatic nitrogens is 3. The van der Waals surface area contributed by atoms with E-state index >= 15 is 0 Å². The van der Waals surface area contributed by atoms with Gasteiger partial charge in [-0.25, -0.2) is 20.1 Å².